The Balaban J connectivity index is 1.44. The van der Waals surface area contributed by atoms with Gasteiger partial charge in [-0.05, 0) is 75.6 Å². The van der Waals surface area contributed by atoms with Crippen molar-refractivity contribution < 1.29 is 22.5 Å². The van der Waals surface area contributed by atoms with E-state index in [-0.39, 0.29) is 22.3 Å². The minimum atomic E-state index is -3.52. The summed E-state index contributed by atoms with van der Waals surface area (Å²) in [6, 6.07) is 6.73. The van der Waals surface area contributed by atoms with Crippen LogP contribution in [-0.4, -0.2) is 36.8 Å². The molecule has 0 atom stereocenters. The smallest absolute Gasteiger partial charge is 0.312 e. The summed E-state index contributed by atoms with van der Waals surface area (Å²) in [5, 5.41) is 10.1. The van der Waals surface area contributed by atoms with Crippen LogP contribution in [0.5, 0.6) is 5.75 Å². The van der Waals surface area contributed by atoms with E-state index in [9.17, 15) is 18.3 Å². The van der Waals surface area contributed by atoms with Crippen LogP contribution in [0.15, 0.2) is 24.3 Å². The third kappa shape index (κ3) is 3.47. The Morgan fingerprint density at radius 2 is 1.74 bits per heavy atom. The number of benzene rings is 1. The van der Waals surface area contributed by atoms with Gasteiger partial charge in [0, 0.05) is 12.2 Å². The van der Waals surface area contributed by atoms with Crippen LogP contribution in [0.3, 0.4) is 0 Å². The predicted molar refractivity (Wildman–Crippen MR) is 102 cm³/mol. The third-order valence-electron chi connectivity index (χ3n) is 6.60. The second kappa shape index (κ2) is 6.48. The molecular formula is C20H27NO5S. The minimum Gasteiger partial charge on any atom is -0.390 e. The molecule has 1 spiro atoms. The Labute approximate surface area is 160 Å². The Bertz CT molecular complexity index is 820. The quantitative estimate of drug-likeness (QED) is 0.778. The highest BCUT2D eigenvalue weighted by Gasteiger charge is 2.51. The lowest BCUT2D eigenvalue weighted by Crippen LogP contribution is -2.43. The van der Waals surface area contributed by atoms with Crippen LogP contribution in [-0.2, 0) is 14.9 Å². The molecule has 6 nitrogen and oxygen atoms in total. The molecule has 2 aliphatic carbocycles. The van der Waals surface area contributed by atoms with Crippen LogP contribution in [0.2, 0.25) is 0 Å². The summed E-state index contributed by atoms with van der Waals surface area (Å²) in [5.41, 5.74) is -0.207. The number of anilines is 1. The maximum Gasteiger partial charge on any atom is 0.312 e. The molecule has 0 radical (unpaired) electrons. The zero-order chi connectivity index (χ0) is 19.3. The lowest BCUT2D eigenvalue weighted by atomic mass is 9.67. The van der Waals surface area contributed by atoms with E-state index in [4.69, 9.17) is 4.18 Å². The number of carbonyl (C=O) groups is 1. The number of hydrogen-bond acceptors (Lipinski definition) is 5. The van der Waals surface area contributed by atoms with Crippen molar-refractivity contribution in [3.05, 3.63) is 24.3 Å². The first-order valence-electron chi connectivity index (χ1n) is 9.85. The van der Waals surface area contributed by atoms with Gasteiger partial charge in [0.2, 0.25) is 5.91 Å². The van der Waals surface area contributed by atoms with Gasteiger partial charge >= 0.3 is 10.1 Å². The molecule has 1 aliphatic heterocycles. The van der Waals surface area contributed by atoms with Crippen LogP contribution in [0.1, 0.15) is 58.3 Å². The first kappa shape index (κ1) is 18.7. The Morgan fingerprint density at radius 3 is 2.30 bits per heavy atom. The number of rotatable bonds is 5. The monoisotopic (exact) mass is 393 g/mol. The molecule has 0 unspecified atom stereocenters. The summed E-state index contributed by atoms with van der Waals surface area (Å²) in [4.78, 5) is 14.9. The minimum absolute atomic E-state index is 0.125. The summed E-state index contributed by atoms with van der Waals surface area (Å²) >= 11 is 0. The molecule has 7 heteroatoms. The van der Waals surface area contributed by atoms with Crippen LogP contribution in [0.4, 0.5) is 5.69 Å². The van der Waals surface area contributed by atoms with E-state index in [1.807, 2.05) is 6.92 Å². The van der Waals surface area contributed by atoms with Crippen LogP contribution < -0.4 is 9.08 Å². The van der Waals surface area contributed by atoms with E-state index >= 15 is 0 Å². The Kier molecular flexibility index (Phi) is 4.50. The van der Waals surface area contributed by atoms with E-state index in [1.54, 1.807) is 29.2 Å². The Hall–Kier alpha value is -1.60. The van der Waals surface area contributed by atoms with Crippen molar-refractivity contribution in [2.24, 2.45) is 5.41 Å². The topological polar surface area (TPSA) is 83.9 Å². The van der Waals surface area contributed by atoms with E-state index in [1.165, 1.54) is 0 Å². The van der Waals surface area contributed by atoms with Crippen molar-refractivity contribution in [2.75, 3.05) is 11.4 Å². The van der Waals surface area contributed by atoms with Crippen molar-refractivity contribution in [1.29, 1.82) is 0 Å². The van der Waals surface area contributed by atoms with Gasteiger partial charge in [-0.2, -0.15) is 8.42 Å². The SMILES string of the molecule is CC[C@]1(O)CC[C@@]2(CCN(c3ccc(OS(=O)(=O)C4CC4)cc3)C2=O)CC1. The zero-order valence-corrected chi connectivity index (χ0v) is 16.5. The molecule has 27 heavy (non-hydrogen) atoms. The van der Waals surface area contributed by atoms with Crippen molar-refractivity contribution in [3.63, 3.8) is 0 Å². The highest BCUT2D eigenvalue weighted by molar-refractivity contribution is 7.88. The van der Waals surface area contributed by atoms with Crippen molar-refractivity contribution in [3.8, 4) is 5.75 Å². The molecule has 1 amide bonds. The van der Waals surface area contributed by atoms with E-state index in [0.29, 0.717) is 32.2 Å². The molecule has 4 rings (SSSR count). The van der Waals surface area contributed by atoms with E-state index in [0.717, 1.165) is 31.4 Å². The highest BCUT2D eigenvalue weighted by atomic mass is 32.2. The predicted octanol–water partition coefficient (Wildman–Crippen LogP) is 3.00. The van der Waals surface area contributed by atoms with Gasteiger partial charge in [-0.15, -0.1) is 0 Å². The summed E-state index contributed by atoms with van der Waals surface area (Å²) < 4.78 is 29.0. The number of aliphatic hydroxyl groups is 1. The Morgan fingerprint density at radius 1 is 1.11 bits per heavy atom. The maximum atomic E-state index is 13.1. The molecule has 0 aromatic heterocycles. The fraction of sp³-hybridized carbons (Fsp3) is 0.650. The largest absolute Gasteiger partial charge is 0.390 e. The normalized spacial score (nSPS) is 31.5. The maximum absolute atomic E-state index is 13.1. The van der Waals surface area contributed by atoms with Crippen molar-refractivity contribution >= 4 is 21.7 Å². The summed E-state index contributed by atoms with van der Waals surface area (Å²) in [6.07, 6.45) is 5.67. The number of hydrogen-bond donors (Lipinski definition) is 1. The van der Waals surface area contributed by atoms with Gasteiger partial charge in [0.15, 0.2) is 0 Å². The van der Waals surface area contributed by atoms with E-state index in [2.05, 4.69) is 0 Å². The molecule has 1 saturated heterocycles. The van der Waals surface area contributed by atoms with Crippen molar-refractivity contribution in [2.45, 2.75) is 69.1 Å². The van der Waals surface area contributed by atoms with E-state index < -0.39 is 15.7 Å². The zero-order valence-electron chi connectivity index (χ0n) is 15.7. The van der Waals surface area contributed by atoms with Gasteiger partial charge in [0.25, 0.3) is 0 Å². The standard InChI is InChI=1S/C20H27NO5S/c1-2-20(23)11-9-19(10-12-20)13-14-21(18(19)22)15-3-5-16(6-4-15)26-27(24,25)17-7-8-17/h3-6,17,23H,2,7-14H2,1H3/t19-,20-. The lowest BCUT2D eigenvalue weighted by Gasteiger charge is -2.40. The van der Waals surface area contributed by atoms with Crippen LogP contribution in [0, 0.1) is 5.41 Å². The number of amides is 1. The molecular weight excluding hydrogens is 366 g/mol. The van der Waals surface area contributed by atoms with Gasteiger partial charge in [-0.3, -0.25) is 4.79 Å². The molecule has 3 aliphatic rings. The third-order valence-corrected chi connectivity index (χ3v) is 8.31. The highest BCUT2D eigenvalue weighted by Crippen LogP contribution is 2.49. The van der Waals surface area contributed by atoms with Gasteiger partial charge in [0.1, 0.15) is 5.75 Å². The summed E-state index contributed by atoms with van der Waals surface area (Å²) in [6.45, 7) is 2.65. The first-order valence-corrected chi connectivity index (χ1v) is 11.3. The average molecular weight is 394 g/mol. The van der Waals surface area contributed by atoms with Gasteiger partial charge in [0.05, 0.1) is 16.3 Å². The summed E-state index contributed by atoms with van der Waals surface area (Å²) in [5.74, 6) is 0.414. The van der Waals surface area contributed by atoms with Gasteiger partial charge in [-0.1, -0.05) is 6.92 Å². The summed E-state index contributed by atoms with van der Waals surface area (Å²) in [7, 11) is -3.52. The molecule has 2 saturated carbocycles. The van der Waals surface area contributed by atoms with Gasteiger partial charge < -0.3 is 14.2 Å². The second-order valence-electron chi connectivity index (χ2n) is 8.33. The molecule has 3 fully saturated rings. The van der Waals surface area contributed by atoms with Crippen molar-refractivity contribution in [1.82, 2.24) is 0 Å². The molecule has 1 N–H and O–H groups in total. The first-order chi connectivity index (χ1) is 12.8. The van der Waals surface area contributed by atoms with Crippen LogP contribution >= 0.6 is 0 Å². The molecule has 148 valence electrons. The van der Waals surface area contributed by atoms with Crippen LogP contribution in [0.25, 0.3) is 0 Å². The number of carbonyl (C=O) groups excluding carboxylic acids is 1. The fourth-order valence-corrected chi connectivity index (χ4v) is 5.55. The second-order valence-corrected chi connectivity index (χ2v) is 10.2. The fourth-order valence-electron chi connectivity index (χ4n) is 4.32. The molecule has 1 aromatic rings. The average Bonchev–Trinajstić information content (AvgIpc) is 3.46. The molecule has 1 heterocycles. The lowest BCUT2D eigenvalue weighted by molar-refractivity contribution is -0.130. The molecule has 1 aromatic carbocycles. The van der Waals surface area contributed by atoms with Gasteiger partial charge in [-0.25, -0.2) is 0 Å². The number of nitrogens with zero attached hydrogens (tertiary/aromatic N) is 1. The molecule has 0 bridgehead atoms.